The van der Waals surface area contributed by atoms with E-state index < -0.39 is 0 Å². The Labute approximate surface area is 107 Å². The molecule has 0 saturated heterocycles. The Morgan fingerprint density at radius 3 is 2.59 bits per heavy atom. The number of hydrogen-bond donors (Lipinski definition) is 0. The van der Waals surface area contributed by atoms with Crippen LogP contribution in [-0.4, -0.2) is 24.5 Å². The van der Waals surface area contributed by atoms with E-state index in [1.807, 2.05) is 0 Å². The van der Waals surface area contributed by atoms with Gasteiger partial charge >= 0.3 is 0 Å². The van der Waals surface area contributed by atoms with Gasteiger partial charge in [-0.05, 0) is 38.1 Å². The van der Waals surface area contributed by atoms with E-state index in [9.17, 15) is 5.26 Å². The molecule has 0 aromatic rings. The summed E-state index contributed by atoms with van der Waals surface area (Å²) in [4.78, 5) is 2.45. The molecule has 2 heteroatoms. The normalized spacial score (nSPS) is 31.2. The van der Waals surface area contributed by atoms with Gasteiger partial charge in [-0.25, -0.2) is 0 Å². The predicted molar refractivity (Wildman–Crippen MR) is 72.6 cm³/mol. The van der Waals surface area contributed by atoms with Gasteiger partial charge in [-0.1, -0.05) is 33.6 Å². The molecule has 0 spiro atoms. The molecule has 1 aliphatic rings. The van der Waals surface area contributed by atoms with E-state index in [1.54, 1.807) is 0 Å². The van der Waals surface area contributed by atoms with Crippen molar-refractivity contribution in [3.8, 4) is 6.07 Å². The molecule has 17 heavy (non-hydrogen) atoms. The summed E-state index contributed by atoms with van der Waals surface area (Å²) in [6.45, 7) is 7.97. The minimum Gasteiger partial charge on any atom is -0.302 e. The third-order valence-corrected chi connectivity index (χ3v) is 4.53. The topological polar surface area (TPSA) is 27.0 Å². The Morgan fingerprint density at radius 2 is 2.06 bits per heavy atom. The zero-order valence-corrected chi connectivity index (χ0v) is 11.9. The minimum absolute atomic E-state index is 0.256. The zero-order valence-electron chi connectivity index (χ0n) is 11.9. The van der Waals surface area contributed by atoms with Crippen LogP contribution in [-0.2, 0) is 0 Å². The molecule has 2 nitrogen and oxygen atoms in total. The molecule has 0 N–H and O–H groups in total. The van der Waals surface area contributed by atoms with E-state index in [0.717, 1.165) is 24.8 Å². The lowest BCUT2D eigenvalue weighted by Gasteiger charge is -2.39. The first-order chi connectivity index (χ1) is 8.12. The summed E-state index contributed by atoms with van der Waals surface area (Å²) in [6, 6.07) is 3.02. The Hall–Kier alpha value is -0.550. The van der Waals surface area contributed by atoms with E-state index in [1.165, 1.54) is 25.7 Å². The summed E-state index contributed by atoms with van der Waals surface area (Å²) in [7, 11) is 2.21. The fourth-order valence-electron chi connectivity index (χ4n) is 3.00. The molecule has 1 fully saturated rings. The third-order valence-electron chi connectivity index (χ3n) is 4.53. The minimum atomic E-state index is 0.256. The van der Waals surface area contributed by atoms with Gasteiger partial charge in [0.1, 0.15) is 0 Å². The molecule has 1 rings (SSSR count). The molecule has 0 aromatic carbocycles. The van der Waals surface area contributed by atoms with Crippen molar-refractivity contribution in [3.63, 3.8) is 0 Å². The first kappa shape index (κ1) is 14.5. The molecule has 4 atom stereocenters. The fourth-order valence-corrected chi connectivity index (χ4v) is 3.00. The van der Waals surface area contributed by atoms with Gasteiger partial charge in [0.25, 0.3) is 0 Å². The third kappa shape index (κ3) is 4.00. The van der Waals surface area contributed by atoms with Gasteiger partial charge in [0, 0.05) is 12.6 Å². The van der Waals surface area contributed by atoms with Crippen LogP contribution >= 0.6 is 0 Å². The fraction of sp³-hybridized carbons (Fsp3) is 0.933. The van der Waals surface area contributed by atoms with Crippen LogP contribution in [0.25, 0.3) is 0 Å². The van der Waals surface area contributed by atoms with Crippen LogP contribution in [0.2, 0.25) is 0 Å². The van der Waals surface area contributed by atoms with Crippen LogP contribution < -0.4 is 0 Å². The van der Waals surface area contributed by atoms with E-state index in [0.29, 0.717) is 6.04 Å². The van der Waals surface area contributed by atoms with Crippen LogP contribution in [0.15, 0.2) is 0 Å². The number of nitrogens with zero attached hydrogens (tertiary/aromatic N) is 2. The van der Waals surface area contributed by atoms with Gasteiger partial charge in [-0.15, -0.1) is 0 Å². The first-order valence-electron chi connectivity index (χ1n) is 7.22. The highest BCUT2D eigenvalue weighted by molar-refractivity contribution is 4.97. The summed E-state index contributed by atoms with van der Waals surface area (Å²) in [5.74, 6) is 1.83. The van der Waals surface area contributed by atoms with Gasteiger partial charge in [-0.3, -0.25) is 0 Å². The molecule has 0 heterocycles. The lowest BCUT2D eigenvalue weighted by atomic mass is 9.77. The van der Waals surface area contributed by atoms with Crippen molar-refractivity contribution in [1.82, 2.24) is 4.90 Å². The lowest BCUT2D eigenvalue weighted by molar-refractivity contribution is 0.110. The summed E-state index contributed by atoms with van der Waals surface area (Å²) in [5, 5.41) is 9.28. The van der Waals surface area contributed by atoms with E-state index in [4.69, 9.17) is 0 Å². The zero-order chi connectivity index (χ0) is 12.8. The summed E-state index contributed by atoms with van der Waals surface area (Å²) in [6.07, 6.45) is 6.08. The number of hydrogen-bond acceptors (Lipinski definition) is 2. The SMILES string of the molecule is CCC(C)CN(C)C1CC(CC)CCC1C#N. The van der Waals surface area contributed by atoms with Crippen molar-refractivity contribution in [2.75, 3.05) is 13.6 Å². The molecule has 0 aromatic heterocycles. The Balaban J connectivity index is 2.59. The monoisotopic (exact) mass is 236 g/mol. The molecule has 0 radical (unpaired) electrons. The number of nitriles is 1. The summed E-state index contributed by atoms with van der Waals surface area (Å²) >= 11 is 0. The molecule has 0 aliphatic heterocycles. The van der Waals surface area contributed by atoms with E-state index in [-0.39, 0.29) is 5.92 Å². The van der Waals surface area contributed by atoms with Crippen LogP contribution in [0.3, 0.4) is 0 Å². The second kappa shape index (κ2) is 7.01. The van der Waals surface area contributed by atoms with Crippen LogP contribution in [0.4, 0.5) is 0 Å². The van der Waals surface area contributed by atoms with Crippen molar-refractivity contribution >= 4 is 0 Å². The highest BCUT2D eigenvalue weighted by atomic mass is 15.1. The standard InChI is InChI=1S/C15H28N2/c1-5-12(3)11-17(4)15-9-13(6-2)7-8-14(15)10-16/h12-15H,5-9,11H2,1-4H3. The Kier molecular flexibility index (Phi) is 5.98. The van der Waals surface area contributed by atoms with Crippen molar-refractivity contribution in [2.45, 2.75) is 58.9 Å². The van der Waals surface area contributed by atoms with E-state index >= 15 is 0 Å². The maximum Gasteiger partial charge on any atom is 0.0672 e. The second-order valence-electron chi connectivity index (χ2n) is 5.84. The van der Waals surface area contributed by atoms with Gasteiger partial charge in [0.2, 0.25) is 0 Å². The molecule has 4 unspecified atom stereocenters. The smallest absolute Gasteiger partial charge is 0.0672 e. The molecule has 98 valence electrons. The van der Waals surface area contributed by atoms with Gasteiger partial charge in [0.15, 0.2) is 0 Å². The molecule has 1 aliphatic carbocycles. The summed E-state index contributed by atoms with van der Waals surface area (Å²) in [5.41, 5.74) is 0. The van der Waals surface area contributed by atoms with Crippen molar-refractivity contribution in [2.24, 2.45) is 17.8 Å². The molecule has 1 saturated carbocycles. The molecule has 0 amide bonds. The predicted octanol–water partition coefficient (Wildman–Crippen LogP) is 3.68. The molecule has 0 bridgehead atoms. The van der Waals surface area contributed by atoms with Crippen molar-refractivity contribution < 1.29 is 0 Å². The first-order valence-corrected chi connectivity index (χ1v) is 7.22. The summed E-state index contributed by atoms with van der Waals surface area (Å²) < 4.78 is 0. The molecular weight excluding hydrogens is 208 g/mol. The average Bonchev–Trinajstić information content (AvgIpc) is 2.37. The van der Waals surface area contributed by atoms with Gasteiger partial charge in [-0.2, -0.15) is 5.26 Å². The van der Waals surface area contributed by atoms with Crippen LogP contribution in [0.1, 0.15) is 52.9 Å². The van der Waals surface area contributed by atoms with Crippen molar-refractivity contribution in [3.05, 3.63) is 0 Å². The number of rotatable bonds is 5. The maximum atomic E-state index is 9.28. The average molecular weight is 236 g/mol. The maximum absolute atomic E-state index is 9.28. The van der Waals surface area contributed by atoms with Gasteiger partial charge < -0.3 is 4.90 Å². The van der Waals surface area contributed by atoms with Crippen LogP contribution in [0, 0.1) is 29.1 Å². The Bertz CT molecular complexity index is 256. The Morgan fingerprint density at radius 1 is 1.35 bits per heavy atom. The second-order valence-corrected chi connectivity index (χ2v) is 5.84. The van der Waals surface area contributed by atoms with Gasteiger partial charge in [0.05, 0.1) is 12.0 Å². The van der Waals surface area contributed by atoms with Crippen molar-refractivity contribution in [1.29, 1.82) is 5.26 Å². The largest absolute Gasteiger partial charge is 0.302 e. The quantitative estimate of drug-likeness (QED) is 0.728. The van der Waals surface area contributed by atoms with E-state index in [2.05, 4.69) is 38.8 Å². The highest BCUT2D eigenvalue weighted by Crippen LogP contribution is 2.33. The molecular formula is C15H28N2. The van der Waals surface area contributed by atoms with Crippen LogP contribution in [0.5, 0.6) is 0 Å². The highest BCUT2D eigenvalue weighted by Gasteiger charge is 2.32. The lowest BCUT2D eigenvalue weighted by Crippen LogP contribution is -2.43.